The van der Waals surface area contributed by atoms with Crippen molar-refractivity contribution in [3.63, 3.8) is 0 Å². The molecule has 6 N–H and O–H groups in total. The highest BCUT2D eigenvalue weighted by Gasteiger charge is 2.39. The number of hydrogen-bond acceptors (Lipinski definition) is 11. The molecule has 0 saturated carbocycles. The van der Waals surface area contributed by atoms with E-state index in [0.29, 0.717) is 42.1 Å². The third-order valence-corrected chi connectivity index (χ3v) is 12.5. The molecule has 0 unspecified atom stereocenters. The average Bonchev–Trinajstić information content (AvgIpc) is 3.26. The van der Waals surface area contributed by atoms with Crippen molar-refractivity contribution in [2.45, 2.75) is 76.6 Å². The number of nitrogens with zero attached hydrogens (tertiary/aromatic N) is 4. The molecule has 3 saturated heterocycles. The van der Waals surface area contributed by atoms with Gasteiger partial charge in [-0.1, -0.05) is 6.07 Å². The highest BCUT2D eigenvalue weighted by atomic mass is 19.4. The molecule has 2 aromatic rings. The van der Waals surface area contributed by atoms with Gasteiger partial charge < -0.3 is 51.2 Å². The van der Waals surface area contributed by atoms with Crippen LogP contribution in [-0.4, -0.2) is 132 Å². The Morgan fingerprint density at radius 1 is 0.952 bits per heavy atom. The van der Waals surface area contributed by atoms with Gasteiger partial charge in [0.1, 0.15) is 17.1 Å². The Bertz CT molecular complexity index is 2110. The van der Waals surface area contributed by atoms with Crippen LogP contribution in [0.5, 0.6) is 5.75 Å². The summed E-state index contributed by atoms with van der Waals surface area (Å²) < 4.78 is 45.1. The van der Waals surface area contributed by atoms with E-state index >= 15 is 0 Å². The quantitative estimate of drug-likeness (QED) is 0.110. The maximum Gasteiger partial charge on any atom is 0.433 e. The molecule has 18 heteroatoms. The van der Waals surface area contributed by atoms with Crippen molar-refractivity contribution < 1.29 is 42.2 Å². The largest absolute Gasteiger partial charge is 0.495 e. The number of carbonyl (C=O) groups excluding carboxylic acids is 4. The van der Waals surface area contributed by atoms with Gasteiger partial charge in [-0.05, 0) is 113 Å². The zero-order chi connectivity index (χ0) is 45.4. The molecule has 0 atom stereocenters. The van der Waals surface area contributed by atoms with Crippen molar-refractivity contribution in [3.05, 3.63) is 88.5 Å². The van der Waals surface area contributed by atoms with Crippen molar-refractivity contribution >= 4 is 35.5 Å². The van der Waals surface area contributed by atoms with Crippen LogP contribution in [0.25, 0.3) is 0 Å². The summed E-state index contributed by atoms with van der Waals surface area (Å²) in [5.41, 5.74) is -0.976. The highest BCUT2D eigenvalue weighted by molar-refractivity contribution is 6.11. The van der Waals surface area contributed by atoms with E-state index in [4.69, 9.17) is 10.1 Å². The number of ether oxygens (including phenoxy) is 1. The second-order valence-corrected chi connectivity index (χ2v) is 17.2. The molecule has 4 heterocycles. The van der Waals surface area contributed by atoms with Gasteiger partial charge >= 0.3 is 6.18 Å². The summed E-state index contributed by atoms with van der Waals surface area (Å²) in [4.78, 5) is 59.9. The van der Waals surface area contributed by atoms with E-state index in [1.807, 2.05) is 4.90 Å². The van der Waals surface area contributed by atoms with Crippen LogP contribution in [0.15, 0.2) is 71.6 Å². The molecule has 0 radical (unpaired) electrons. The van der Waals surface area contributed by atoms with E-state index in [0.717, 1.165) is 89.9 Å². The minimum Gasteiger partial charge on any atom is -0.495 e. The fraction of sp³-hybridized carbons (Fsp3) is 0.511. The first-order valence-electron chi connectivity index (χ1n) is 21.4. The summed E-state index contributed by atoms with van der Waals surface area (Å²) in [5.74, 6) is -0.795. The number of aromatic nitrogens is 1. The van der Waals surface area contributed by atoms with Crippen molar-refractivity contribution in [1.29, 1.82) is 5.41 Å². The number of rotatable bonds is 15. The van der Waals surface area contributed by atoms with Crippen LogP contribution >= 0.6 is 0 Å². The zero-order valence-corrected chi connectivity index (χ0v) is 36.1. The first kappa shape index (κ1) is 46.9. The van der Waals surface area contributed by atoms with Crippen LogP contribution in [0.1, 0.15) is 85.3 Å². The van der Waals surface area contributed by atoms with Crippen LogP contribution in [0.2, 0.25) is 0 Å². The normalized spacial score (nSPS) is 19.6. The molecular formula is C45H58F3N9O6. The third kappa shape index (κ3) is 12.3. The molecule has 340 valence electrons. The second-order valence-electron chi connectivity index (χ2n) is 17.2. The Morgan fingerprint density at radius 2 is 1.62 bits per heavy atom. The molecule has 1 spiro atoms. The lowest BCUT2D eigenvalue weighted by Gasteiger charge is -2.47. The SMILES string of the molecule is COc1ccc(C(=O)N2CCC3(CCN(CCN4CCC(N/C=C5/C=C(NC(=O)c6cccc(C(F)(F)F)n6)C(C(C)(C)O)=CC5=N)CC4)CC3)CC2)cc1NC(=O)CCNC=O. The van der Waals surface area contributed by atoms with Gasteiger partial charge in [0.15, 0.2) is 0 Å². The minimum absolute atomic E-state index is 0.0745. The Hall–Kier alpha value is -5.59. The number of alkyl halides is 3. The maximum absolute atomic E-state index is 13.5. The summed E-state index contributed by atoms with van der Waals surface area (Å²) in [6.45, 7) is 10.4. The number of piperidine rings is 3. The number of hydrogen-bond donors (Lipinski definition) is 6. The number of amides is 4. The predicted molar refractivity (Wildman–Crippen MR) is 231 cm³/mol. The van der Waals surface area contributed by atoms with Crippen molar-refractivity contribution in [1.82, 2.24) is 35.6 Å². The zero-order valence-electron chi connectivity index (χ0n) is 36.1. The van der Waals surface area contributed by atoms with Gasteiger partial charge in [0.25, 0.3) is 11.8 Å². The second kappa shape index (κ2) is 20.3. The van der Waals surface area contributed by atoms with Crippen molar-refractivity contribution in [2.24, 2.45) is 5.41 Å². The molecule has 15 nitrogen and oxygen atoms in total. The van der Waals surface area contributed by atoms with Gasteiger partial charge in [0.05, 0.1) is 24.1 Å². The van der Waals surface area contributed by atoms with Crippen molar-refractivity contribution in [3.8, 4) is 5.75 Å². The first-order valence-corrected chi connectivity index (χ1v) is 21.4. The summed E-state index contributed by atoms with van der Waals surface area (Å²) >= 11 is 0. The minimum atomic E-state index is -4.72. The van der Waals surface area contributed by atoms with Crippen molar-refractivity contribution in [2.75, 3.05) is 71.3 Å². The molecule has 63 heavy (non-hydrogen) atoms. The summed E-state index contributed by atoms with van der Waals surface area (Å²) in [6.07, 6.45) is 6.49. The monoisotopic (exact) mass is 877 g/mol. The lowest BCUT2D eigenvalue weighted by Crippen LogP contribution is -2.50. The van der Waals surface area contributed by atoms with E-state index in [1.54, 1.807) is 24.4 Å². The maximum atomic E-state index is 13.5. The molecule has 0 bridgehead atoms. The molecule has 4 aliphatic rings. The van der Waals surface area contributed by atoms with E-state index in [1.165, 1.54) is 39.2 Å². The predicted octanol–water partition coefficient (Wildman–Crippen LogP) is 4.48. The molecule has 4 amide bonds. The molecule has 3 fully saturated rings. The highest BCUT2D eigenvalue weighted by Crippen LogP contribution is 2.42. The number of methoxy groups -OCH3 is 1. The summed E-state index contributed by atoms with van der Waals surface area (Å²) in [7, 11) is 1.50. The van der Waals surface area contributed by atoms with Crippen LogP contribution in [0, 0.1) is 10.8 Å². The van der Waals surface area contributed by atoms with E-state index in [2.05, 4.69) is 36.1 Å². The van der Waals surface area contributed by atoms with Crippen LogP contribution in [0.4, 0.5) is 18.9 Å². The van der Waals surface area contributed by atoms with Gasteiger partial charge in [-0.25, -0.2) is 4.98 Å². The van der Waals surface area contributed by atoms with Gasteiger partial charge in [-0.15, -0.1) is 0 Å². The van der Waals surface area contributed by atoms with Gasteiger partial charge in [-0.2, -0.15) is 13.2 Å². The Kier molecular flexibility index (Phi) is 15.1. The van der Waals surface area contributed by atoms with Crippen LogP contribution in [0.3, 0.4) is 0 Å². The summed E-state index contributed by atoms with van der Waals surface area (Å²) in [6, 6.07) is 8.28. The van der Waals surface area contributed by atoms with Gasteiger partial charge in [0, 0.05) is 86.9 Å². The number of nitrogens with one attached hydrogen (secondary N) is 5. The molecule has 1 aromatic carbocycles. The third-order valence-electron chi connectivity index (χ3n) is 12.5. The molecule has 3 aliphatic heterocycles. The number of carbonyl (C=O) groups is 4. The van der Waals surface area contributed by atoms with E-state index in [9.17, 15) is 37.5 Å². The number of aliphatic hydroxyl groups is 1. The number of allylic oxidation sites excluding steroid dienone is 3. The van der Waals surface area contributed by atoms with E-state index < -0.39 is 29.1 Å². The summed E-state index contributed by atoms with van der Waals surface area (Å²) in [5, 5.41) is 30.7. The Morgan fingerprint density at radius 3 is 2.25 bits per heavy atom. The molecular weight excluding hydrogens is 820 g/mol. The Labute approximate surface area is 365 Å². The van der Waals surface area contributed by atoms with Crippen LogP contribution in [-0.2, 0) is 15.8 Å². The number of likely N-dealkylation sites (tertiary alicyclic amines) is 3. The standard InChI is InChI=1S/C45H58F3N9O6/c1-43(2,62)33-27-34(49)31(26-36(33)54-41(60)35-5-4-6-39(52-35)45(46,47)48)28-51-32-10-17-55(18-11-32)23-24-56-19-12-44(13-20-56)14-21-57(22-15-44)42(61)30-7-8-38(63-3)37(25-30)53-40(59)9-16-50-29-58/h4-8,25-29,32,49,51,62H,9-24H2,1-3H3,(H,50,58)(H,53,59)(H,54,60)/b31-28-,49-34?. The molecule has 6 rings (SSSR count). The van der Waals surface area contributed by atoms with E-state index in [-0.39, 0.29) is 53.2 Å². The smallest absolute Gasteiger partial charge is 0.433 e. The van der Waals surface area contributed by atoms with Gasteiger partial charge in [0.2, 0.25) is 12.3 Å². The molecule has 1 aliphatic carbocycles. The fourth-order valence-corrected chi connectivity index (χ4v) is 8.58. The molecule has 1 aromatic heterocycles. The topological polar surface area (TPSA) is 192 Å². The number of halogens is 3. The van der Waals surface area contributed by atoms with Crippen LogP contribution < -0.4 is 26.0 Å². The van der Waals surface area contributed by atoms with Gasteiger partial charge in [-0.3, -0.25) is 19.2 Å². The Balaban J connectivity index is 0.933. The number of benzene rings is 1. The lowest BCUT2D eigenvalue weighted by molar-refractivity contribution is -0.141. The number of pyridine rings is 1. The number of anilines is 1. The fourth-order valence-electron chi connectivity index (χ4n) is 8.58. The average molecular weight is 878 g/mol. The first-order chi connectivity index (χ1) is 30.0. The lowest BCUT2D eigenvalue weighted by atomic mass is 9.71.